The van der Waals surface area contributed by atoms with Crippen molar-refractivity contribution in [3.05, 3.63) is 60.6 Å². The van der Waals surface area contributed by atoms with Gasteiger partial charge in [-0.15, -0.1) is 0 Å². The summed E-state index contributed by atoms with van der Waals surface area (Å²) < 4.78 is 0. The molecule has 4 heterocycles. The summed E-state index contributed by atoms with van der Waals surface area (Å²) in [6.07, 6.45) is 13.2. The van der Waals surface area contributed by atoms with Crippen LogP contribution >= 0.6 is 0 Å². The van der Waals surface area contributed by atoms with Crippen molar-refractivity contribution in [2.45, 2.75) is 19.3 Å². The van der Waals surface area contributed by atoms with Gasteiger partial charge >= 0.3 is 0 Å². The lowest BCUT2D eigenvalue weighted by molar-refractivity contribution is 0.0672. The van der Waals surface area contributed by atoms with Crippen LogP contribution in [0.4, 0.5) is 0 Å². The fourth-order valence-corrected chi connectivity index (χ4v) is 3.41. The van der Waals surface area contributed by atoms with E-state index in [1.165, 1.54) is 0 Å². The zero-order chi connectivity index (χ0) is 17.8. The normalized spacial score (nSPS) is 17.2. The van der Waals surface area contributed by atoms with Crippen molar-refractivity contribution in [2.75, 3.05) is 13.1 Å². The topological polar surface area (TPSA) is 87.7 Å². The Kier molecular flexibility index (Phi) is 4.68. The van der Waals surface area contributed by atoms with Crippen LogP contribution in [-0.4, -0.2) is 48.8 Å². The van der Waals surface area contributed by atoms with Crippen molar-refractivity contribution in [1.29, 1.82) is 0 Å². The predicted octanol–water partition coefficient (Wildman–Crippen LogP) is 2.36. The average molecular weight is 348 g/mol. The lowest BCUT2D eigenvalue weighted by atomic mass is 9.93. The zero-order valence-corrected chi connectivity index (χ0v) is 14.4. The standard InChI is InChI=1S/C19H20N6O/c26-19(15-3-5-20-6-4-15)25-9-1-2-14(13-25)10-16-11-21-12-17(24-16)18-22-7-8-23-18/h3-8,11-12,14H,1-2,9-10,13H2,(H,22,23)/t14-/m1/s1. The van der Waals surface area contributed by atoms with Crippen LogP contribution in [0.1, 0.15) is 28.9 Å². The molecule has 0 saturated carbocycles. The van der Waals surface area contributed by atoms with E-state index in [1.807, 2.05) is 4.90 Å². The van der Waals surface area contributed by atoms with Gasteiger partial charge in [-0.05, 0) is 37.3 Å². The molecule has 1 saturated heterocycles. The summed E-state index contributed by atoms with van der Waals surface area (Å²) in [5.74, 6) is 1.18. The smallest absolute Gasteiger partial charge is 0.253 e. The number of carbonyl (C=O) groups is 1. The van der Waals surface area contributed by atoms with Gasteiger partial charge < -0.3 is 9.88 Å². The summed E-state index contributed by atoms with van der Waals surface area (Å²) in [5.41, 5.74) is 2.37. The molecule has 0 unspecified atom stereocenters. The van der Waals surface area contributed by atoms with E-state index in [4.69, 9.17) is 0 Å². The first-order valence-corrected chi connectivity index (χ1v) is 8.79. The number of aromatic amines is 1. The molecule has 1 atom stereocenters. The van der Waals surface area contributed by atoms with E-state index in [0.29, 0.717) is 11.5 Å². The van der Waals surface area contributed by atoms with E-state index in [0.717, 1.165) is 49.6 Å². The summed E-state index contributed by atoms with van der Waals surface area (Å²) >= 11 is 0. The van der Waals surface area contributed by atoms with Gasteiger partial charge in [-0.25, -0.2) is 9.97 Å². The molecule has 1 amide bonds. The van der Waals surface area contributed by atoms with Crippen LogP contribution < -0.4 is 0 Å². The third kappa shape index (κ3) is 3.61. The van der Waals surface area contributed by atoms with Crippen LogP contribution in [0.3, 0.4) is 0 Å². The van der Waals surface area contributed by atoms with Crippen LogP contribution in [0.5, 0.6) is 0 Å². The van der Waals surface area contributed by atoms with Gasteiger partial charge in [-0.1, -0.05) is 0 Å². The van der Waals surface area contributed by atoms with Crippen molar-refractivity contribution in [1.82, 2.24) is 29.8 Å². The molecular weight excluding hydrogens is 328 g/mol. The second kappa shape index (κ2) is 7.43. The van der Waals surface area contributed by atoms with E-state index in [9.17, 15) is 4.79 Å². The van der Waals surface area contributed by atoms with Crippen LogP contribution in [-0.2, 0) is 6.42 Å². The van der Waals surface area contributed by atoms with Crippen LogP contribution in [0.15, 0.2) is 49.3 Å². The Labute approximate surface area is 151 Å². The summed E-state index contributed by atoms with van der Waals surface area (Å²) in [5, 5.41) is 0. The average Bonchev–Trinajstić information content (AvgIpc) is 3.23. The van der Waals surface area contributed by atoms with Crippen molar-refractivity contribution in [3.8, 4) is 11.5 Å². The Bertz CT molecular complexity index is 865. The van der Waals surface area contributed by atoms with E-state index in [2.05, 4.69) is 24.9 Å². The number of aromatic nitrogens is 5. The van der Waals surface area contributed by atoms with Crippen molar-refractivity contribution >= 4 is 5.91 Å². The Morgan fingerprint density at radius 1 is 1.19 bits per heavy atom. The van der Waals surface area contributed by atoms with Gasteiger partial charge in [0.15, 0.2) is 5.82 Å². The first kappa shape index (κ1) is 16.4. The highest BCUT2D eigenvalue weighted by Crippen LogP contribution is 2.22. The number of nitrogens with one attached hydrogen (secondary N) is 1. The van der Waals surface area contributed by atoms with Crippen LogP contribution in [0, 0.1) is 5.92 Å². The molecule has 0 bridgehead atoms. The minimum Gasteiger partial charge on any atom is -0.343 e. The Hall–Kier alpha value is -3.09. The van der Waals surface area contributed by atoms with E-state index >= 15 is 0 Å². The summed E-state index contributed by atoms with van der Waals surface area (Å²) in [6.45, 7) is 1.55. The van der Waals surface area contributed by atoms with Crippen molar-refractivity contribution in [3.63, 3.8) is 0 Å². The molecule has 4 rings (SSSR count). The molecule has 7 nitrogen and oxygen atoms in total. The molecule has 7 heteroatoms. The molecule has 26 heavy (non-hydrogen) atoms. The lowest BCUT2D eigenvalue weighted by Crippen LogP contribution is -2.40. The van der Waals surface area contributed by atoms with Gasteiger partial charge in [0.2, 0.25) is 0 Å². The largest absolute Gasteiger partial charge is 0.343 e. The fraction of sp³-hybridized carbons (Fsp3) is 0.316. The number of carbonyl (C=O) groups excluding carboxylic acids is 1. The molecule has 0 spiro atoms. The van der Waals surface area contributed by atoms with Crippen LogP contribution in [0.2, 0.25) is 0 Å². The number of imidazole rings is 1. The number of nitrogens with zero attached hydrogens (tertiary/aromatic N) is 5. The maximum Gasteiger partial charge on any atom is 0.253 e. The number of hydrogen-bond acceptors (Lipinski definition) is 5. The molecule has 1 aliphatic rings. The third-order valence-corrected chi connectivity index (χ3v) is 4.66. The first-order valence-electron chi connectivity index (χ1n) is 8.79. The molecule has 132 valence electrons. The number of amides is 1. The second-order valence-corrected chi connectivity index (χ2v) is 6.53. The predicted molar refractivity (Wildman–Crippen MR) is 96.2 cm³/mol. The SMILES string of the molecule is O=C(c1ccncc1)N1CCC[C@H](Cc2cncc(-c3ncc[nH]3)n2)C1. The second-order valence-electron chi connectivity index (χ2n) is 6.53. The summed E-state index contributed by atoms with van der Waals surface area (Å²) in [7, 11) is 0. The Morgan fingerprint density at radius 3 is 2.88 bits per heavy atom. The molecule has 1 aliphatic heterocycles. The van der Waals surface area contributed by atoms with Gasteiger partial charge in [0, 0.05) is 49.6 Å². The van der Waals surface area contributed by atoms with Gasteiger partial charge in [0.25, 0.3) is 5.91 Å². The van der Waals surface area contributed by atoms with E-state index in [1.54, 1.807) is 49.3 Å². The molecular formula is C19H20N6O. The van der Waals surface area contributed by atoms with Gasteiger partial charge in [0.1, 0.15) is 5.69 Å². The highest BCUT2D eigenvalue weighted by atomic mass is 16.2. The highest BCUT2D eigenvalue weighted by Gasteiger charge is 2.25. The minimum atomic E-state index is 0.0764. The zero-order valence-electron chi connectivity index (χ0n) is 14.4. The number of pyridine rings is 1. The molecule has 0 aliphatic carbocycles. The summed E-state index contributed by atoms with van der Waals surface area (Å²) in [4.78, 5) is 34.8. The maximum atomic E-state index is 12.7. The van der Waals surface area contributed by atoms with Crippen molar-refractivity contribution in [2.24, 2.45) is 5.92 Å². The number of H-pyrrole nitrogens is 1. The van der Waals surface area contributed by atoms with E-state index in [-0.39, 0.29) is 5.91 Å². The molecule has 1 fully saturated rings. The molecule has 3 aromatic rings. The highest BCUT2D eigenvalue weighted by molar-refractivity contribution is 5.94. The third-order valence-electron chi connectivity index (χ3n) is 4.66. The number of hydrogen-bond donors (Lipinski definition) is 1. The van der Waals surface area contributed by atoms with E-state index < -0.39 is 0 Å². The fourth-order valence-electron chi connectivity index (χ4n) is 3.41. The quantitative estimate of drug-likeness (QED) is 0.782. The molecule has 0 radical (unpaired) electrons. The van der Waals surface area contributed by atoms with Crippen molar-refractivity contribution < 1.29 is 4.79 Å². The Morgan fingerprint density at radius 2 is 2.08 bits per heavy atom. The maximum absolute atomic E-state index is 12.7. The Balaban J connectivity index is 1.44. The number of likely N-dealkylation sites (tertiary alicyclic amines) is 1. The molecule has 1 N–H and O–H groups in total. The summed E-state index contributed by atoms with van der Waals surface area (Å²) in [6, 6.07) is 3.54. The van der Waals surface area contributed by atoms with Crippen LogP contribution in [0.25, 0.3) is 11.5 Å². The molecule has 0 aromatic carbocycles. The van der Waals surface area contributed by atoms with Gasteiger partial charge in [-0.3, -0.25) is 14.8 Å². The monoisotopic (exact) mass is 348 g/mol. The van der Waals surface area contributed by atoms with Gasteiger partial charge in [0.05, 0.1) is 11.9 Å². The first-order chi connectivity index (χ1) is 12.8. The number of rotatable bonds is 4. The minimum absolute atomic E-state index is 0.0764. The lowest BCUT2D eigenvalue weighted by Gasteiger charge is -2.32. The van der Waals surface area contributed by atoms with Gasteiger partial charge in [-0.2, -0.15) is 0 Å². The number of piperidine rings is 1. The molecule has 3 aromatic heterocycles.